The van der Waals surface area contributed by atoms with Crippen molar-refractivity contribution in [2.75, 3.05) is 25.0 Å². The van der Waals surface area contributed by atoms with E-state index in [2.05, 4.69) is 17.2 Å². The van der Waals surface area contributed by atoms with Crippen molar-refractivity contribution in [1.29, 1.82) is 0 Å². The highest BCUT2D eigenvalue weighted by atomic mass is 19.1. The molecule has 118 valence electrons. The quantitative estimate of drug-likeness (QED) is 0.758. The van der Waals surface area contributed by atoms with E-state index in [0.29, 0.717) is 5.69 Å². The summed E-state index contributed by atoms with van der Waals surface area (Å²) in [4.78, 5) is 5.98. The summed E-state index contributed by atoms with van der Waals surface area (Å²) >= 11 is 0. The second kappa shape index (κ2) is 8.49. The number of likely N-dealkylation sites (N-methyl/N-ethyl adjacent to an activating group) is 1. The van der Waals surface area contributed by atoms with Gasteiger partial charge < -0.3 is 10.2 Å². The predicted molar refractivity (Wildman–Crippen MR) is 89.6 cm³/mol. The highest BCUT2D eigenvalue weighted by Crippen LogP contribution is 2.20. The van der Waals surface area contributed by atoms with Crippen molar-refractivity contribution in [3.63, 3.8) is 0 Å². The van der Waals surface area contributed by atoms with E-state index in [1.807, 2.05) is 36.2 Å². The summed E-state index contributed by atoms with van der Waals surface area (Å²) in [5.41, 5.74) is 2.98. The molecule has 0 saturated heterocycles. The predicted octanol–water partition coefficient (Wildman–Crippen LogP) is 3.40. The van der Waals surface area contributed by atoms with Gasteiger partial charge in [0.1, 0.15) is 5.82 Å². The lowest BCUT2D eigenvalue weighted by Crippen LogP contribution is -2.22. The summed E-state index contributed by atoms with van der Waals surface area (Å²) in [6.45, 7) is 4.66. The normalized spacial score (nSPS) is 10.7. The molecule has 0 aliphatic rings. The van der Waals surface area contributed by atoms with Crippen molar-refractivity contribution < 1.29 is 4.39 Å². The van der Waals surface area contributed by atoms with Gasteiger partial charge in [0, 0.05) is 32.5 Å². The van der Waals surface area contributed by atoms with Gasteiger partial charge in [-0.15, -0.1) is 0 Å². The Bertz CT molecular complexity index is 572. The van der Waals surface area contributed by atoms with Crippen molar-refractivity contribution in [2.24, 2.45) is 0 Å². The maximum absolute atomic E-state index is 14.1. The van der Waals surface area contributed by atoms with Crippen LogP contribution in [-0.2, 0) is 13.0 Å². The van der Waals surface area contributed by atoms with E-state index in [0.717, 1.165) is 38.0 Å². The van der Waals surface area contributed by atoms with Gasteiger partial charge in [-0.2, -0.15) is 0 Å². The van der Waals surface area contributed by atoms with Crippen LogP contribution >= 0.6 is 0 Å². The molecule has 22 heavy (non-hydrogen) atoms. The summed E-state index contributed by atoms with van der Waals surface area (Å²) in [6, 6.07) is 9.33. The Morgan fingerprint density at radius 2 is 1.91 bits per heavy atom. The molecule has 0 fully saturated rings. The molecule has 0 radical (unpaired) electrons. The van der Waals surface area contributed by atoms with Gasteiger partial charge in [-0.3, -0.25) is 4.98 Å². The summed E-state index contributed by atoms with van der Waals surface area (Å²) in [7, 11) is 1.93. The van der Waals surface area contributed by atoms with Crippen molar-refractivity contribution in [3.05, 3.63) is 59.7 Å². The van der Waals surface area contributed by atoms with Gasteiger partial charge >= 0.3 is 0 Å². The first-order valence-corrected chi connectivity index (χ1v) is 7.80. The zero-order chi connectivity index (χ0) is 15.8. The number of halogens is 1. The molecule has 0 unspecified atom stereocenters. The summed E-state index contributed by atoms with van der Waals surface area (Å²) in [5, 5.41) is 3.35. The van der Waals surface area contributed by atoms with Gasteiger partial charge in [0.15, 0.2) is 0 Å². The molecule has 1 aromatic carbocycles. The number of nitrogens with one attached hydrogen (secondary N) is 1. The molecule has 0 saturated carbocycles. The number of pyridine rings is 1. The molecule has 1 aromatic heterocycles. The van der Waals surface area contributed by atoms with Crippen molar-refractivity contribution in [1.82, 2.24) is 10.3 Å². The van der Waals surface area contributed by atoms with Crippen LogP contribution < -0.4 is 10.2 Å². The SMILES string of the molecule is CCCNCc1ccc(F)c(N(C)CCc2ccncc2)c1. The Labute approximate surface area is 132 Å². The van der Waals surface area contributed by atoms with Crippen LogP contribution in [-0.4, -0.2) is 25.1 Å². The van der Waals surface area contributed by atoms with Crippen LogP contribution in [0.1, 0.15) is 24.5 Å². The molecular weight excluding hydrogens is 277 g/mol. The molecule has 1 N–H and O–H groups in total. The third kappa shape index (κ3) is 4.81. The van der Waals surface area contributed by atoms with E-state index in [9.17, 15) is 4.39 Å². The van der Waals surface area contributed by atoms with E-state index < -0.39 is 0 Å². The standard InChI is InChI=1S/C18H24FN3/c1-3-9-21-14-16-4-5-17(19)18(13-16)22(2)12-8-15-6-10-20-11-7-15/h4-7,10-11,13,21H,3,8-9,12,14H2,1-2H3. The van der Waals surface area contributed by atoms with Gasteiger partial charge in [-0.05, 0) is 54.8 Å². The maximum Gasteiger partial charge on any atom is 0.146 e. The molecule has 0 amide bonds. The lowest BCUT2D eigenvalue weighted by atomic mass is 10.1. The second-order valence-electron chi connectivity index (χ2n) is 5.49. The topological polar surface area (TPSA) is 28.2 Å². The number of rotatable bonds is 8. The van der Waals surface area contributed by atoms with Crippen molar-refractivity contribution >= 4 is 5.69 Å². The zero-order valence-electron chi connectivity index (χ0n) is 13.3. The van der Waals surface area contributed by atoms with E-state index >= 15 is 0 Å². The van der Waals surface area contributed by atoms with Gasteiger partial charge in [-0.1, -0.05) is 13.0 Å². The Hall–Kier alpha value is -1.94. The van der Waals surface area contributed by atoms with Crippen LogP contribution in [0.15, 0.2) is 42.7 Å². The zero-order valence-corrected chi connectivity index (χ0v) is 13.3. The lowest BCUT2D eigenvalue weighted by Gasteiger charge is -2.21. The number of hydrogen-bond donors (Lipinski definition) is 1. The van der Waals surface area contributed by atoms with Crippen LogP contribution in [0.4, 0.5) is 10.1 Å². The molecule has 0 spiro atoms. The second-order valence-corrected chi connectivity index (χ2v) is 5.49. The van der Waals surface area contributed by atoms with Crippen LogP contribution in [0.2, 0.25) is 0 Å². The molecule has 2 aromatic rings. The molecule has 3 nitrogen and oxygen atoms in total. The Morgan fingerprint density at radius 1 is 1.14 bits per heavy atom. The molecular formula is C18H24FN3. The molecule has 0 atom stereocenters. The van der Waals surface area contributed by atoms with Gasteiger partial charge in [0.2, 0.25) is 0 Å². The first-order chi connectivity index (χ1) is 10.7. The highest BCUT2D eigenvalue weighted by molar-refractivity contribution is 5.49. The van der Waals surface area contributed by atoms with Gasteiger partial charge in [0.05, 0.1) is 5.69 Å². The number of hydrogen-bond acceptors (Lipinski definition) is 3. The van der Waals surface area contributed by atoms with E-state index in [1.165, 1.54) is 5.56 Å². The minimum atomic E-state index is -0.170. The highest BCUT2D eigenvalue weighted by Gasteiger charge is 2.09. The monoisotopic (exact) mass is 301 g/mol. The molecule has 2 rings (SSSR count). The van der Waals surface area contributed by atoms with Gasteiger partial charge in [-0.25, -0.2) is 4.39 Å². The van der Waals surface area contributed by atoms with Crippen molar-refractivity contribution in [3.8, 4) is 0 Å². The number of nitrogens with zero attached hydrogens (tertiary/aromatic N) is 2. The molecule has 0 aliphatic carbocycles. The summed E-state index contributed by atoms with van der Waals surface area (Å²) in [5.74, 6) is -0.170. The third-order valence-corrected chi connectivity index (χ3v) is 3.66. The van der Waals surface area contributed by atoms with E-state index in [-0.39, 0.29) is 5.82 Å². The number of anilines is 1. The first-order valence-electron chi connectivity index (χ1n) is 7.80. The Kier molecular flexibility index (Phi) is 6.34. The van der Waals surface area contributed by atoms with Crippen LogP contribution in [0.5, 0.6) is 0 Å². The van der Waals surface area contributed by atoms with Crippen LogP contribution in [0.3, 0.4) is 0 Å². The molecule has 1 heterocycles. The van der Waals surface area contributed by atoms with E-state index in [4.69, 9.17) is 0 Å². The average molecular weight is 301 g/mol. The largest absolute Gasteiger partial charge is 0.372 e. The number of benzene rings is 1. The fourth-order valence-corrected chi connectivity index (χ4v) is 2.34. The average Bonchev–Trinajstić information content (AvgIpc) is 2.55. The maximum atomic E-state index is 14.1. The summed E-state index contributed by atoms with van der Waals surface area (Å²) in [6.07, 6.45) is 5.54. The minimum Gasteiger partial charge on any atom is -0.372 e. The molecule has 4 heteroatoms. The third-order valence-electron chi connectivity index (χ3n) is 3.66. The van der Waals surface area contributed by atoms with E-state index in [1.54, 1.807) is 18.5 Å². The van der Waals surface area contributed by atoms with Crippen molar-refractivity contribution in [2.45, 2.75) is 26.3 Å². The van der Waals surface area contributed by atoms with Crippen LogP contribution in [0.25, 0.3) is 0 Å². The molecule has 0 aliphatic heterocycles. The first kappa shape index (κ1) is 16.4. The fourth-order valence-electron chi connectivity index (χ4n) is 2.34. The smallest absolute Gasteiger partial charge is 0.146 e. The van der Waals surface area contributed by atoms with Gasteiger partial charge in [0.25, 0.3) is 0 Å². The fraction of sp³-hybridized carbons (Fsp3) is 0.389. The number of aromatic nitrogens is 1. The lowest BCUT2D eigenvalue weighted by molar-refractivity contribution is 0.619. The molecule has 0 bridgehead atoms. The Morgan fingerprint density at radius 3 is 2.64 bits per heavy atom. The van der Waals surface area contributed by atoms with Crippen LogP contribution in [0, 0.1) is 5.82 Å². The Balaban J connectivity index is 1.98. The summed E-state index contributed by atoms with van der Waals surface area (Å²) < 4.78 is 14.1. The minimum absolute atomic E-state index is 0.170.